The van der Waals surface area contributed by atoms with Crippen molar-refractivity contribution in [1.29, 1.82) is 0 Å². The summed E-state index contributed by atoms with van der Waals surface area (Å²) in [6.07, 6.45) is 12.2. The third-order valence-electron chi connectivity index (χ3n) is 3.81. The van der Waals surface area contributed by atoms with Crippen LogP contribution in [0.4, 0.5) is 0 Å². The second kappa shape index (κ2) is 17.2. The summed E-state index contributed by atoms with van der Waals surface area (Å²) >= 11 is 0. The van der Waals surface area contributed by atoms with Crippen LogP contribution < -0.4 is 5.06 Å². The lowest BCUT2D eigenvalue weighted by atomic mass is 10.1. The number of rotatable bonds is 17. The van der Waals surface area contributed by atoms with Crippen LogP contribution in [0.1, 0.15) is 71.1 Å². The summed E-state index contributed by atoms with van der Waals surface area (Å²) in [6, 6.07) is 0. The number of unbranched alkanes of at least 4 members (excludes halogenated alkanes) is 9. The first-order valence-corrected chi connectivity index (χ1v) is 9.09. The Morgan fingerprint density at radius 2 is 1.50 bits per heavy atom. The molecule has 2 unspecified atom stereocenters. The monoisotopic (exact) mass is 319 g/mol. The first-order chi connectivity index (χ1) is 10.7. The smallest absolute Gasteiger partial charge is 0.126 e. The lowest BCUT2D eigenvalue weighted by Gasteiger charge is -2.23. The van der Waals surface area contributed by atoms with Crippen LogP contribution in [0.2, 0.25) is 0 Å². The summed E-state index contributed by atoms with van der Waals surface area (Å²) in [5.74, 6) is 0. The standard InChI is InChI=1S/C17H37NO4/c1-2-3-4-5-6-7-8-9-10-11-14-22-16-17(20)15-18(21)12-13-19/h17-20H,2-16H2,1H3. The molecule has 0 spiro atoms. The second-order valence-corrected chi connectivity index (χ2v) is 6.13. The first kappa shape index (κ1) is 21.8. The largest absolute Gasteiger partial charge is 0.634 e. The minimum atomic E-state index is -0.734. The quantitative estimate of drug-likeness (QED) is 0.281. The van der Waals surface area contributed by atoms with Crippen LogP contribution >= 0.6 is 0 Å². The van der Waals surface area contributed by atoms with Crippen LogP contribution in [0.3, 0.4) is 0 Å². The normalized spacial score (nSPS) is 14.2. The zero-order valence-corrected chi connectivity index (χ0v) is 14.4. The van der Waals surface area contributed by atoms with Gasteiger partial charge in [-0.05, 0) is 6.42 Å². The van der Waals surface area contributed by atoms with Crippen molar-refractivity contribution < 1.29 is 20.0 Å². The van der Waals surface area contributed by atoms with Crippen LogP contribution in [0.15, 0.2) is 0 Å². The highest BCUT2D eigenvalue weighted by Crippen LogP contribution is 2.10. The Labute approximate surface area is 136 Å². The molecule has 0 fully saturated rings. The Morgan fingerprint density at radius 3 is 2.05 bits per heavy atom. The van der Waals surface area contributed by atoms with Gasteiger partial charge in [0.25, 0.3) is 0 Å². The molecule has 0 amide bonds. The van der Waals surface area contributed by atoms with Crippen LogP contribution in [0, 0.1) is 5.21 Å². The maximum atomic E-state index is 11.2. The fraction of sp³-hybridized carbons (Fsp3) is 1.00. The zero-order valence-electron chi connectivity index (χ0n) is 14.4. The molecule has 3 N–H and O–H groups in total. The van der Waals surface area contributed by atoms with E-state index in [1.807, 2.05) is 0 Å². The molecule has 0 aromatic rings. The number of hydrogen-bond acceptors (Lipinski definition) is 4. The van der Waals surface area contributed by atoms with Gasteiger partial charge in [0.05, 0.1) is 13.2 Å². The molecular formula is C17H37NO4. The number of aliphatic hydroxyl groups excluding tert-OH is 2. The van der Waals surface area contributed by atoms with Gasteiger partial charge in [0.1, 0.15) is 19.2 Å². The van der Waals surface area contributed by atoms with E-state index in [0.29, 0.717) is 6.61 Å². The Hall–Kier alpha value is -0.200. The van der Waals surface area contributed by atoms with Crippen molar-refractivity contribution in [3.8, 4) is 0 Å². The summed E-state index contributed by atoms with van der Waals surface area (Å²) < 4.78 is 5.38. The minimum absolute atomic E-state index is 0.0819. The lowest BCUT2D eigenvalue weighted by molar-refractivity contribution is -0.852. The molecule has 0 radical (unpaired) electrons. The fourth-order valence-corrected chi connectivity index (χ4v) is 2.46. The Bertz CT molecular complexity index is 217. The molecule has 0 aliphatic heterocycles. The molecule has 0 aliphatic rings. The molecule has 0 aromatic heterocycles. The van der Waals surface area contributed by atoms with E-state index in [2.05, 4.69) is 6.92 Å². The van der Waals surface area contributed by atoms with Gasteiger partial charge in [0.2, 0.25) is 0 Å². The molecule has 5 nitrogen and oxygen atoms in total. The summed E-state index contributed by atoms with van der Waals surface area (Å²) in [6.45, 7) is 3.17. The van der Waals surface area contributed by atoms with Crippen LogP contribution in [0.25, 0.3) is 0 Å². The number of nitrogens with one attached hydrogen (secondary N) is 1. The number of ether oxygens (including phenoxy) is 1. The van der Waals surface area contributed by atoms with Crippen molar-refractivity contribution in [2.75, 3.05) is 32.9 Å². The van der Waals surface area contributed by atoms with Crippen LogP contribution in [-0.2, 0) is 4.74 Å². The first-order valence-electron chi connectivity index (χ1n) is 9.09. The highest BCUT2D eigenvalue weighted by atomic mass is 16.5. The summed E-state index contributed by atoms with van der Waals surface area (Å²) in [5, 5.41) is 29.3. The number of hydroxylamine groups is 2. The zero-order chi connectivity index (χ0) is 16.5. The molecule has 0 saturated heterocycles. The lowest BCUT2D eigenvalue weighted by Crippen LogP contribution is -3.09. The van der Waals surface area contributed by atoms with Crippen molar-refractivity contribution in [2.24, 2.45) is 0 Å². The Kier molecular flexibility index (Phi) is 17.0. The maximum Gasteiger partial charge on any atom is 0.126 e. The van der Waals surface area contributed by atoms with Crippen molar-refractivity contribution in [3.63, 3.8) is 0 Å². The van der Waals surface area contributed by atoms with E-state index in [9.17, 15) is 10.3 Å². The molecule has 0 rings (SSSR count). The number of aliphatic hydroxyl groups is 2. The third kappa shape index (κ3) is 16.2. The molecule has 134 valence electrons. The SMILES string of the molecule is CCCCCCCCCCCCOCC(O)C[NH+]([O-])CCO. The van der Waals surface area contributed by atoms with Gasteiger partial charge in [0, 0.05) is 6.61 Å². The van der Waals surface area contributed by atoms with Crippen molar-refractivity contribution in [3.05, 3.63) is 5.21 Å². The van der Waals surface area contributed by atoms with Gasteiger partial charge in [-0.1, -0.05) is 64.7 Å². The van der Waals surface area contributed by atoms with E-state index in [4.69, 9.17) is 9.84 Å². The van der Waals surface area contributed by atoms with E-state index < -0.39 is 6.10 Å². The van der Waals surface area contributed by atoms with E-state index >= 15 is 0 Å². The fourth-order valence-electron chi connectivity index (χ4n) is 2.46. The van der Waals surface area contributed by atoms with Crippen molar-refractivity contribution in [2.45, 2.75) is 77.2 Å². The predicted molar refractivity (Wildman–Crippen MR) is 89.8 cm³/mol. The van der Waals surface area contributed by atoms with E-state index in [1.54, 1.807) is 0 Å². The van der Waals surface area contributed by atoms with Gasteiger partial charge >= 0.3 is 0 Å². The molecule has 0 aliphatic carbocycles. The highest BCUT2D eigenvalue weighted by Gasteiger charge is 2.08. The van der Waals surface area contributed by atoms with Crippen LogP contribution in [-0.4, -0.2) is 49.2 Å². The van der Waals surface area contributed by atoms with Crippen LogP contribution in [0.5, 0.6) is 0 Å². The van der Waals surface area contributed by atoms with E-state index in [1.165, 1.54) is 57.8 Å². The van der Waals surface area contributed by atoms with Gasteiger partial charge < -0.3 is 25.2 Å². The summed E-state index contributed by atoms with van der Waals surface area (Å²) in [4.78, 5) is 0. The summed E-state index contributed by atoms with van der Waals surface area (Å²) in [5.41, 5.74) is 0. The number of hydrogen-bond donors (Lipinski definition) is 3. The highest BCUT2D eigenvalue weighted by molar-refractivity contribution is 4.51. The molecule has 0 saturated carbocycles. The van der Waals surface area contributed by atoms with Gasteiger partial charge in [-0.2, -0.15) is 0 Å². The number of quaternary nitrogens is 1. The maximum absolute atomic E-state index is 11.2. The molecule has 0 bridgehead atoms. The molecule has 0 heterocycles. The molecular weight excluding hydrogens is 282 g/mol. The molecule has 2 atom stereocenters. The minimum Gasteiger partial charge on any atom is -0.634 e. The van der Waals surface area contributed by atoms with Gasteiger partial charge in [0.15, 0.2) is 0 Å². The Morgan fingerprint density at radius 1 is 0.955 bits per heavy atom. The average molecular weight is 319 g/mol. The van der Waals surface area contributed by atoms with Gasteiger partial charge in [-0.3, -0.25) is 0 Å². The van der Waals surface area contributed by atoms with Gasteiger partial charge in [-0.15, -0.1) is 0 Å². The van der Waals surface area contributed by atoms with E-state index in [0.717, 1.165) is 6.42 Å². The second-order valence-electron chi connectivity index (χ2n) is 6.13. The molecule has 22 heavy (non-hydrogen) atoms. The van der Waals surface area contributed by atoms with Crippen molar-refractivity contribution in [1.82, 2.24) is 0 Å². The third-order valence-corrected chi connectivity index (χ3v) is 3.81. The Balaban J connectivity index is 3.16. The average Bonchev–Trinajstić information content (AvgIpc) is 2.48. The predicted octanol–water partition coefficient (Wildman–Crippen LogP) is 1.66. The van der Waals surface area contributed by atoms with E-state index in [-0.39, 0.29) is 31.4 Å². The molecule has 0 aromatic carbocycles. The van der Waals surface area contributed by atoms with Crippen molar-refractivity contribution >= 4 is 0 Å². The van der Waals surface area contributed by atoms with Gasteiger partial charge in [-0.25, -0.2) is 0 Å². The summed E-state index contributed by atoms with van der Waals surface area (Å²) in [7, 11) is 0. The topological polar surface area (TPSA) is 77.2 Å². The molecule has 5 heteroatoms.